The number of benzene rings is 9. The Morgan fingerprint density at radius 2 is 0.919 bits per heavy atom. The second-order valence-electron chi connectivity index (χ2n) is 16.2. The second-order valence-corrected chi connectivity index (χ2v) is 17.3. The fraction of sp³-hybridized carbons (Fsp3) is 0.0172. The first-order valence-corrected chi connectivity index (χ1v) is 21.9. The van der Waals surface area contributed by atoms with Gasteiger partial charge in [-0.25, -0.2) is 15.0 Å². The summed E-state index contributed by atoms with van der Waals surface area (Å²) in [6.45, 7) is 0. The molecule has 3 nitrogen and oxygen atoms in total. The molecule has 0 radical (unpaired) electrons. The predicted octanol–water partition coefficient (Wildman–Crippen LogP) is 14.8. The van der Waals surface area contributed by atoms with E-state index in [1.165, 1.54) is 53.9 Å². The minimum absolute atomic E-state index is 0.448. The number of nitrogens with zero attached hydrogens (tertiary/aromatic N) is 3. The van der Waals surface area contributed by atoms with Crippen molar-refractivity contribution in [2.75, 3.05) is 0 Å². The number of para-hydroxylation sites is 2. The molecule has 288 valence electrons. The van der Waals surface area contributed by atoms with E-state index in [2.05, 4.69) is 188 Å². The molecular weight excluding hydrogens is 771 g/mol. The van der Waals surface area contributed by atoms with Crippen molar-refractivity contribution in [1.82, 2.24) is 15.0 Å². The van der Waals surface area contributed by atoms with Gasteiger partial charge in [-0.3, -0.25) is 0 Å². The molecule has 0 amide bonds. The summed E-state index contributed by atoms with van der Waals surface area (Å²) >= 11 is 1.90. The Kier molecular flexibility index (Phi) is 7.75. The third-order valence-electron chi connectivity index (χ3n) is 12.9. The van der Waals surface area contributed by atoms with Gasteiger partial charge in [-0.2, -0.15) is 0 Å². The molecule has 62 heavy (non-hydrogen) atoms. The molecule has 1 spiro atoms. The molecule has 0 saturated heterocycles. The third kappa shape index (κ3) is 5.11. The molecule has 1 aliphatic carbocycles. The van der Waals surface area contributed by atoms with E-state index in [1.807, 2.05) is 36.0 Å². The van der Waals surface area contributed by atoms with Crippen molar-refractivity contribution in [1.29, 1.82) is 0 Å². The van der Waals surface area contributed by atoms with Crippen LogP contribution in [-0.2, 0) is 5.41 Å². The third-order valence-corrected chi connectivity index (χ3v) is 14.1. The Morgan fingerprint density at radius 3 is 1.69 bits per heavy atom. The van der Waals surface area contributed by atoms with Crippen LogP contribution in [0.5, 0.6) is 0 Å². The van der Waals surface area contributed by atoms with Gasteiger partial charge in [0.15, 0.2) is 5.82 Å². The lowest BCUT2D eigenvalue weighted by molar-refractivity contribution is 0.726. The summed E-state index contributed by atoms with van der Waals surface area (Å²) in [6, 6.07) is 76.6. The monoisotopic (exact) mass is 805 g/mol. The van der Waals surface area contributed by atoms with Gasteiger partial charge in [-0.1, -0.05) is 200 Å². The normalized spacial score (nSPS) is 13.2. The Morgan fingerprint density at radius 1 is 0.339 bits per heavy atom. The van der Waals surface area contributed by atoms with Gasteiger partial charge >= 0.3 is 0 Å². The predicted molar refractivity (Wildman–Crippen MR) is 256 cm³/mol. The van der Waals surface area contributed by atoms with E-state index in [0.717, 1.165) is 66.8 Å². The second kappa shape index (κ2) is 13.7. The zero-order valence-corrected chi connectivity index (χ0v) is 34.3. The molecule has 2 aromatic heterocycles. The van der Waals surface area contributed by atoms with Crippen LogP contribution in [0.4, 0.5) is 0 Å². The van der Waals surface area contributed by atoms with Crippen molar-refractivity contribution in [3.8, 4) is 56.2 Å². The molecule has 1 aliphatic heterocycles. The van der Waals surface area contributed by atoms with Crippen LogP contribution in [0.2, 0.25) is 0 Å². The highest BCUT2D eigenvalue weighted by molar-refractivity contribution is 7.99. The Bertz CT molecular complexity index is 3570. The lowest BCUT2D eigenvalue weighted by atomic mass is 9.67. The molecule has 0 N–H and O–H groups in total. The number of aromatic nitrogens is 3. The summed E-state index contributed by atoms with van der Waals surface area (Å²) in [7, 11) is 0. The molecule has 0 bridgehead atoms. The summed E-state index contributed by atoms with van der Waals surface area (Å²) in [6.07, 6.45) is 0. The average Bonchev–Trinajstić information content (AvgIpc) is 3.64. The molecular formula is C58H35N3S. The van der Waals surface area contributed by atoms with E-state index in [9.17, 15) is 0 Å². The maximum atomic E-state index is 5.46. The van der Waals surface area contributed by atoms with Crippen LogP contribution in [0, 0.1) is 0 Å². The maximum absolute atomic E-state index is 5.46. The van der Waals surface area contributed by atoms with Crippen LogP contribution in [-0.4, -0.2) is 15.0 Å². The largest absolute Gasteiger partial charge is 0.247 e. The Labute approximate surface area is 363 Å². The van der Waals surface area contributed by atoms with Crippen LogP contribution < -0.4 is 0 Å². The minimum Gasteiger partial charge on any atom is -0.247 e. The van der Waals surface area contributed by atoms with Crippen LogP contribution in [0.15, 0.2) is 222 Å². The molecule has 3 heterocycles. The van der Waals surface area contributed by atoms with Crippen molar-refractivity contribution in [3.63, 3.8) is 0 Å². The quantitative estimate of drug-likeness (QED) is 0.166. The van der Waals surface area contributed by atoms with E-state index in [1.54, 1.807) is 0 Å². The van der Waals surface area contributed by atoms with Crippen LogP contribution in [0.3, 0.4) is 0 Å². The van der Waals surface area contributed by atoms with E-state index < -0.39 is 5.41 Å². The minimum atomic E-state index is -0.448. The number of hydrogen-bond acceptors (Lipinski definition) is 4. The zero-order chi connectivity index (χ0) is 40.8. The Hall–Kier alpha value is -7.66. The number of rotatable bonds is 4. The molecule has 4 heteroatoms. The molecule has 0 saturated carbocycles. The van der Waals surface area contributed by atoms with Crippen LogP contribution >= 0.6 is 11.8 Å². The van der Waals surface area contributed by atoms with Gasteiger partial charge in [-0.05, 0) is 68.8 Å². The van der Waals surface area contributed by atoms with Gasteiger partial charge in [0.2, 0.25) is 0 Å². The van der Waals surface area contributed by atoms with Gasteiger partial charge in [0.05, 0.1) is 27.8 Å². The van der Waals surface area contributed by atoms with Gasteiger partial charge in [0.1, 0.15) is 0 Å². The number of hydrogen-bond donors (Lipinski definition) is 0. The highest BCUT2D eigenvalue weighted by Gasteiger charge is 2.50. The highest BCUT2D eigenvalue weighted by Crippen LogP contribution is 2.63. The fourth-order valence-corrected chi connectivity index (χ4v) is 11.6. The maximum Gasteiger partial charge on any atom is 0.160 e. The topological polar surface area (TPSA) is 38.7 Å². The lowest BCUT2D eigenvalue weighted by Crippen LogP contribution is -2.32. The van der Waals surface area contributed by atoms with Crippen molar-refractivity contribution in [2.24, 2.45) is 0 Å². The van der Waals surface area contributed by atoms with E-state index >= 15 is 0 Å². The zero-order valence-electron chi connectivity index (χ0n) is 33.5. The van der Waals surface area contributed by atoms with Crippen molar-refractivity contribution >= 4 is 44.3 Å². The molecule has 9 aromatic carbocycles. The van der Waals surface area contributed by atoms with Crippen molar-refractivity contribution in [2.45, 2.75) is 15.2 Å². The molecule has 0 unspecified atom stereocenters. The first-order valence-electron chi connectivity index (χ1n) is 21.1. The molecule has 0 atom stereocenters. The molecule has 0 fully saturated rings. The van der Waals surface area contributed by atoms with Crippen molar-refractivity contribution in [3.05, 3.63) is 235 Å². The summed E-state index contributed by atoms with van der Waals surface area (Å²) < 4.78 is 0. The van der Waals surface area contributed by atoms with E-state index in [0.29, 0.717) is 0 Å². The van der Waals surface area contributed by atoms with Crippen LogP contribution in [0.1, 0.15) is 22.3 Å². The lowest BCUT2D eigenvalue weighted by Gasteiger charge is -2.40. The Balaban J connectivity index is 0.974. The summed E-state index contributed by atoms with van der Waals surface area (Å²) in [4.78, 5) is 18.1. The molecule has 13 rings (SSSR count). The van der Waals surface area contributed by atoms with Crippen LogP contribution in [0.25, 0.3) is 88.7 Å². The molecule has 2 aliphatic rings. The SMILES string of the molecule is c1ccc(-c2nc(-c3ccc(-c4cccc(-c5nc6ccccc6c6c7c(ccc56)C5(c6ccccc6S7)c6ccccc6-c6ccccc65)c4)cc3)c3ccccc3n2)cc1. The van der Waals surface area contributed by atoms with E-state index in [-0.39, 0.29) is 0 Å². The van der Waals surface area contributed by atoms with Gasteiger partial charge in [-0.15, -0.1) is 0 Å². The average molecular weight is 806 g/mol. The highest BCUT2D eigenvalue weighted by atomic mass is 32.2. The summed E-state index contributed by atoms with van der Waals surface area (Å²) in [5.74, 6) is 0.725. The first-order chi connectivity index (χ1) is 30.7. The van der Waals surface area contributed by atoms with Gasteiger partial charge in [0.25, 0.3) is 0 Å². The van der Waals surface area contributed by atoms with Crippen molar-refractivity contribution < 1.29 is 0 Å². The number of pyridine rings is 1. The van der Waals surface area contributed by atoms with Gasteiger partial charge in [0, 0.05) is 48.0 Å². The molecule has 11 aromatic rings. The fourth-order valence-electron chi connectivity index (χ4n) is 10.2. The summed E-state index contributed by atoms with van der Waals surface area (Å²) in [5.41, 5.74) is 16.8. The van der Waals surface area contributed by atoms with E-state index in [4.69, 9.17) is 15.0 Å². The number of fused-ring (bicyclic) bond motifs is 14. The smallest absolute Gasteiger partial charge is 0.160 e. The summed E-state index contributed by atoms with van der Waals surface area (Å²) in [5, 5.41) is 4.61. The standard InChI is InChI=1S/C58H35N3S/c1-2-15-38(16-3-1)57-60-51-27-12-7-22-44(51)54(61-57)37-31-29-36(30-32-37)39-17-14-18-40(35-39)55-45-33-34-49-56(53(45)43-21-6-11-26-50(43)59-55)62-52-28-13-10-25-48(52)58(49)46-23-8-4-19-41(46)42-20-5-9-24-47(42)58/h1-35H. The first kappa shape index (κ1) is 35.1. The van der Waals surface area contributed by atoms with Gasteiger partial charge < -0.3 is 0 Å².